The van der Waals surface area contributed by atoms with E-state index in [0.717, 1.165) is 17.4 Å². The minimum atomic E-state index is -4.63. The fourth-order valence-electron chi connectivity index (χ4n) is 5.42. The molecule has 0 unspecified atom stereocenters. The van der Waals surface area contributed by atoms with Crippen LogP contribution in [0.3, 0.4) is 0 Å². The monoisotopic (exact) mass is 584 g/mol. The van der Waals surface area contributed by atoms with Gasteiger partial charge in [0.2, 0.25) is 11.8 Å². The highest BCUT2D eigenvalue weighted by molar-refractivity contribution is 9.12. The van der Waals surface area contributed by atoms with E-state index in [1.807, 2.05) is 0 Å². The molecule has 2 aromatic carbocycles. The first-order valence-corrected chi connectivity index (χ1v) is 12.2. The Balaban J connectivity index is 1.41. The lowest BCUT2D eigenvalue weighted by Crippen LogP contribution is -2.37. The van der Waals surface area contributed by atoms with E-state index in [9.17, 15) is 27.6 Å². The Morgan fingerprint density at radius 2 is 1.55 bits per heavy atom. The van der Waals surface area contributed by atoms with Crippen LogP contribution in [0.2, 0.25) is 0 Å². The number of anilines is 2. The lowest BCUT2D eigenvalue weighted by molar-refractivity contribution is -0.137. The van der Waals surface area contributed by atoms with Gasteiger partial charge in [-0.3, -0.25) is 19.3 Å². The third-order valence-electron chi connectivity index (χ3n) is 6.83. The number of fused-ring (bicyclic) bond motifs is 5. The summed E-state index contributed by atoms with van der Waals surface area (Å²) >= 11 is 7.28. The van der Waals surface area contributed by atoms with Crippen molar-refractivity contribution in [3.8, 4) is 0 Å². The Morgan fingerprint density at radius 1 is 0.939 bits per heavy atom. The summed E-state index contributed by atoms with van der Waals surface area (Å²) in [5.41, 5.74) is -1.04. The molecule has 2 bridgehead atoms. The van der Waals surface area contributed by atoms with E-state index in [2.05, 4.69) is 37.2 Å². The molecule has 2 saturated carbocycles. The summed E-state index contributed by atoms with van der Waals surface area (Å²) < 4.78 is 39.8. The minimum Gasteiger partial charge on any atom is -0.321 e. The second-order valence-corrected chi connectivity index (χ2v) is 10.7. The number of nitrogens with zero attached hydrogens (tertiary/aromatic N) is 1. The number of carbonyl (C=O) groups is 3. The molecule has 33 heavy (non-hydrogen) atoms. The Labute approximate surface area is 204 Å². The van der Waals surface area contributed by atoms with Gasteiger partial charge in [-0.15, -0.1) is 0 Å². The van der Waals surface area contributed by atoms with Gasteiger partial charge in [-0.25, -0.2) is 0 Å². The molecule has 3 fully saturated rings. The number of amides is 3. The fourth-order valence-corrected chi connectivity index (χ4v) is 7.30. The molecular weight excluding hydrogens is 569 g/mol. The molecule has 1 aliphatic heterocycles. The van der Waals surface area contributed by atoms with Crippen LogP contribution in [0.1, 0.15) is 22.3 Å². The standard InChI is InChI=1S/C23H17Br2F3N2O3/c24-18-12-9-13(19(18)25)17-16(12)21(32)30(22(17)33)11-5-3-4-10(8-11)20(31)29-15-7-2-1-6-14(15)23(26,27)28/h1-8,12-13,16-19H,9H2,(H,29,31)/t12-,13-,16-,17-,18+,19+/m1/s1. The number of carbonyl (C=O) groups excluding carboxylic acids is 3. The molecule has 5 rings (SSSR count). The zero-order valence-electron chi connectivity index (χ0n) is 16.9. The number of hydrogen-bond donors (Lipinski definition) is 1. The lowest BCUT2D eigenvalue weighted by atomic mass is 9.81. The van der Waals surface area contributed by atoms with E-state index in [-0.39, 0.29) is 50.2 Å². The van der Waals surface area contributed by atoms with E-state index >= 15 is 0 Å². The summed E-state index contributed by atoms with van der Waals surface area (Å²) in [4.78, 5) is 40.5. The molecule has 3 amide bonds. The molecule has 6 atom stereocenters. The van der Waals surface area contributed by atoms with Gasteiger partial charge in [0, 0.05) is 15.2 Å². The van der Waals surface area contributed by atoms with Gasteiger partial charge in [0.1, 0.15) is 0 Å². The molecule has 3 aliphatic rings. The quantitative estimate of drug-likeness (QED) is 0.396. The predicted octanol–water partition coefficient (Wildman–Crippen LogP) is 5.24. The van der Waals surface area contributed by atoms with Gasteiger partial charge in [-0.2, -0.15) is 13.2 Å². The molecule has 0 aromatic heterocycles. The van der Waals surface area contributed by atoms with Crippen molar-refractivity contribution < 1.29 is 27.6 Å². The Morgan fingerprint density at radius 3 is 2.15 bits per heavy atom. The van der Waals surface area contributed by atoms with Gasteiger partial charge < -0.3 is 5.32 Å². The van der Waals surface area contributed by atoms with Crippen molar-refractivity contribution in [2.45, 2.75) is 22.3 Å². The molecular formula is C23H17Br2F3N2O3. The van der Waals surface area contributed by atoms with Crippen LogP contribution in [0.25, 0.3) is 0 Å². The molecule has 1 N–H and O–H groups in total. The first-order valence-electron chi connectivity index (χ1n) is 10.3. The van der Waals surface area contributed by atoms with Crippen molar-refractivity contribution in [3.63, 3.8) is 0 Å². The Bertz CT molecular complexity index is 1140. The van der Waals surface area contributed by atoms with E-state index in [1.165, 1.54) is 36.4 Å². The van der Waals surface area contributed by atoms with Gasteiger partial charge in [-0.05, 0) is 48.6 Å². The van der Waals surface area contributed by atoms with Crippen LogP contribution >= 0.6 is 31.9 Å². The second kappa shape index (κ2) is 7.94. The van der Waals surface area contributed by atoms with Gasteiger partial charge >= 0.3 is 6.18 Å². The van der Waals surface area contributed by atoms with Crippen molar-refractivity contribution in [1.82, 2.24) is 0 Å². The van der Waals surface area contributed by atoms with Crippen molar-refractivity contribution >= 4 is 61.0 Å². The van der Waals surface area contributed by atoms with Crippen molar-refractivity contribution in [3.05, 3.63) is 59.7 Å². The number of imide groups is 1. The first kappa shape index (κ1) is 22.6. The normalized spacial score (nSPS) is 30.6. The molecule has 0 radical (unpaired) electrons. The van der Waals surface area contributed by atoms with E-state index in [4.69, 9.17) is 0 Å². The highest BCUT2D eigenvalue weighted by Crippen LogP contribution is 2.60. The number of halogens is 5. The average Bonchev–Trinajstić information content (AvgIpc) is 3.38. The Kier molecular flexibility index (Phi) is 5.43. The maximum atomic E-state index is 13.3. The molecule has 5 nitrogen and oxygen atoms in total. The van der Waals surface area contributed by atoms with Crippen LogP contribution in [-0.4, -0.2) is 27.4 Å². The van der Waals surface area contributed by atoms with Gasteiger partial charge in [-0.1, -0.05) is 50.1 Å². The molecule has 1 saturated heterocycles. The summed E-state index contributed by atoms with van der Waals surface area (Å²) in [6, 6.07) is 10.5. The highest BCUT2D eigenvalue weighted by Gasteiger charge is 2.66. The number of alkyl halides is 5. The largest absolute Gasteiger partial charge is 0.418 e. The van der Waals surface area contributed by atoms with Crippen LogP contribution in [0, 0.1) is 23.7 Å². The maximum absolute atomic E-state index is 13.3. The van der Waals surface area contributed by atoms with Crippen LogP contribution in [0.5, 0.6) is 0 Å². The summed E-state index contributed by atoms with van der Waals surface area (Å²) in [7, 11) is 0. The summed E-state index contributed by atoms with van der Waals surface area (Å²) in [6.45, 7) is 0. The number of nitrogens with one attached hydrogen (secondary N) is 1. The lowest BCUT2D eigenvalue weighted by Gasteiger charge is -2.28. The van der Waals surface area contributed by atoms with Crippen LogP contribution < -0.4 is 10.2 Å². The Hall–Kier alpha value is -2.20. The summed E-state index contributed by atoms with van der Waals surface area (Å²) in [6.07, 6.45) is -3.83. The topological polar surface area (TPSA) is 66.5 Å². The minimum absolute atomic E-state index is 0.0434. The van der Waals surface area contributed by atoms with Gasteiger partial charge in [0.15, 0.2) is 0 Å². The molecule has 2 aromatic rings. The summed E-state index contributed by atoms with van der Waals surface area (Å²) in [5.74, 6) is -2.06. The molecule has 0 spiro atoms. The smallest absolute Gasteiger partial charge is 0.321 e. The van der Waals surface area contributed by atoms with E-state index < -0.39 is 29.5 Å². The van der Waals surface area contributed by atoms with Crippen molar-refractivity contribution in [1.29, 1.82) is 0 Å². The van der Waals surface area contributed by atoms with Crippen LogP contribution in [0.4, 0.5) is 24.5 Å². The third-order valence-corrected chi connectivity index (χ3v) is 10.0. The van der Waals surface area contributed by atoms with Crippen molar-refractivity contribution in [2.24, 2.45) is 23.7 Å². The molecule has 1 heterocycles. The van der Waals surface area contributed by atoms with E-state index in [1.54, 1.807) is 6.07 Å². The fraction of sp³-hybridized carbons (Fsp3) is 0.348. The van der Waals surface area contributed by atoms with E-state index in [0.29, 0.717) is 0 Å². The average molecular weight is 586 g/mol. The zero-order chi connectivity index (χ0) is 23.7. The first-order chi connectivity index (χ1) is 15.6. The van der Waals surface area contributed by atoms with Gasteiger partial charge in [0.25, 0.3) is 5.91 Å². The number of rotatable bonds is 3. The predicted molar refractivity (Wildman–Crippen MR) is 122 cm³/mol. The second-order valence-electron chi connectivity index (χ2n) is 8.56. The third kappa shape index (κ3) is 3.53. The SMILES string of the molecule is O=C(Nc1ccccc1C(F)(F)F)c1cccc(N2C(=O)[C@@H]3[C@H]4C[C@@H]([C@H](Br)[C@H]4Br)[C@H]3C2=O)c1. The zero-order valence-corrected chi connectivity index (χ0v) is 20.0. The molecule has 172 valence electrons. The van der Waals surface area contributed by atoms with Crippen LogP contribution in [0.15, 0.2) is 48.5 Å². The highest BCUT2D eigenvalue weighted by atomic mass is 79.9. The van der Waals surface area contributed by atoms with Gasteiger partial charge in [0.05, 0.1) is 28.8 Å². The molecule has 2 aliphatic carbocycles. The number of para-hydroxylation sites is 1. The number of benzene rings is 2. The molecule has 10 heteroatoms. The van der Waals surface area contributed by atoms with Crippen LogP contribution in [-0.2, 0) is 15.8 Å². The summed E-state index contributed by atoms with van der Waals surface area (Å²) in [5, 5.41) is 2.29. The van der Waals surface area contributed by atoms with Crippen molar-refractivity contribution in [2.75, 3.05) is 10.2 Å². The maximum Gasteiger partial charge on any atom is 0.418 e. The number of hydrogen-bond acceptors (Lipinski definition) is 3.